The third-order valence-corrected chi connectivity index (χ3v) is 6.83. The summed E-state index contributed by atoms with van der Waals surface area (Å²) in [6, 6.07) is 0. The summed E-state index contributed by atoms with van der Waals surface area (Å²) in [5.74, 6) is 0. The topological polar surface area (TPSA) is 0 Å². The molecule has 0 aromatic rings. The van der Waals surface area contributed by atoms with Crippen molar-refractivity contribution in [2.75, 3.05) is 0 Å². The highest BCUT2D eigenvalue weighted by atomic mass is 28.3. The van der Waals surface area contributed by atoms with Crippen LogP contribution in [0, 0.1) is 0 Å². The third kappa shape index (κ3) is 0.896. The van der Waals surface area contributed by atoms with Gasteiger partial charge in [-0.3, -0.25) is 0 Å². The van der Waals surface area contributed by atoms with Gasteiger partial charge in [-0.05, 0) is 13.8 Å². The van der Waals surface area contributed by atoms with Crippen LogP contribution in [-0.2, 0) is 0 Å². The van der Waals surface area contributed by atoms with E-state index in [1.165, 1.54) is 0 Å². The first kappa shape index (κ1) is 6.81. The molecule has 0 spiro atoms. The maximum Gasteiger partial charge on any atom is 0.102 e. The van der Waals surface area contributed by atoms with E-state index in [2.05, 4.69) is 39.1 Å². The van der Waals surface area contributed by atoms with Crippen LogP contribution < -0.4 is 0 Å². The molecule has 1 aliphatic heterocycles. The van der Waals surface area contributed by atoms with Gasteiger partial charge in [0.15, 0.2) is 0 Å². The Morgan fingerprint density at radius 2 is 1.33 bits per heavy atom. The highest BCUT2D eigenvalue weighted by molar-refractivity contribution is 6.91. The number of allylic oxidation sites excluding steroid dienone is 4. The van der Waals surface area contributed by atoms with Gasteiger partial charge < -0.3 is 0 Å². The first-order valence-electron chi connectivity index (χ1n) is 3.41. The zero-order chi connectivity index (χ0) is 7.07. The molecular formula is C8H14Si. The number of rotatable bonds is 0. The zero-order valence-electron chi connectivity index (χ0n) is 6.65. The Labute approximate surface area is 58.3 Å². The molecule has 0 aliphatic carbocycles. The fraction of sp³-hybridized carbons (Fsp3) is 0.500. The van der Waals surface area contributed by atoms with Crippen LogP contribution in [0.25, 0.3) is 0 Å². The highest BCUT2D eigenvalue weighted by Crippen LogP contribution is 2.27. The monoisotopic (exact) mass is 138 g/mol. The quantitative estimate of drug-likeness (QED) is 0.451. The lowest BCUT2D eigenvalue weighted by Crippen LogP contribution is -2.26. The normalized spacial score (nSPS) is 23.6. The van der Waals surface area contributed by atoms with Crippen molar-refractivity contribution in [3.8, 4) is 0 Å². The van der Waals surface area contributed by atoms with Crippen molar-refractivity contribution >= 4 is 8.07 Å². The van der Waals surface area contributed by atoms with Gasteiger partial charge in [0.25, 0.3) is 0 Å². The third-order valence-electron chi connectivity index (χ3n) is 2.56. The van der Waals surface area contributed by atoms with Gasteiger partial charge in [0.2, 0.25) is 0 Å². The van der Waals surface area contributed by atoms with E-state index in [1.807, 2.05) is 0 Å². The second kappa shape index (κ2) is 1.84. The van der Waals surface area contributed by atoms with E-state index < -0.39 is 8.07 Å². The van der Waals surface area contributed by atoms with Gasteiger partial charge in [0.05, 0.1) is 0 Å². The van der Waals surface area contributed by atoms with Crippen molar-refractivity contribution in [1.29, 1.82) is 0 Å². The van der Waals surface area contributed by atoms with E-state index in [0.717, 1.165) is 0 Å². The van der Waals surface area contributed by atoms with Crippen molar-refractivity contribution in [3.05, 3.63) is 22.5 Å². The van der Waals surface area contributed by atoms with Gasteiger partial charge in [0.1, 0.15) is 8.07 Å². The van der Waals surface area contributed by atoms with Gasteiger partial charge >= 0.3 is 0 Å². The average Bonchev–Trinajstić information content (AvgIpc) is 1.96. The largest absolute Gasteiger partial charge is 0.102 e. The molecule has 0 radical (unpaired) electrons. The Hall–Kier alpha value is -0.303. The smallest absolute Gasteiger partial charge is 0.0794 e. The van der Waals surface area contributed by atoms with Gasteiger partial charge in [0, 0.05) is 0 Å². The Balaban J connectivity index is 2.96. The van der Waals surface area contributed by atoms with Crippen LogP contribution in [0.2, 0.25) is 13.1 Å². The molecule has 0 aromatic carbocycles. The minimum absolute atomic E-state index is 1.02. The fourth-order valence-electron chi connectivity index (χ4n) is 0.978. The predicted molar refractivity (Wildman–Crippen MR) is 45.0 cm³/mol. The van der Waals surface area contributed by atoms with Crippen molar-refractivity contribution in [1.82, 2.24) is 0 Å². The first-order chi connectivity index (χ1) is 4.05. The summed E-state index contributed by atoms with van der Waals surface area (Å²) in [4.78, 5) is 0. The molecule has 0 saturated heterocycles. The molecule has 1 heteroatoms. The molecule has 0 amide bonds. The summed E-state index contributed by atoms with van der Waals surface area (Å²) in [6.07, 6.45) is 4.53. The molecule has 9 heavy (non-hydrogen) atoms. The maximum absolute atomic E-state index is 2.40. The molecule has 0 aromatic heterocycles. The van der Waals surface area contributed by atoms with Crippen LogP contribution in [0.4, 0.5) is 0 Å². The highest BCUT2D eigenvalue weighted by Gasteiger charge is 2.27. The maximum atomic E-state index is 2.40. The number of hydrogen-bond acceptors (Lipinski definition) is 0. The summed E-state index contributed by atoms with van der Waals surface area (Å²) in [5, 5.41) is 3.22. The van der Waals surface area contributed by atoms with Crippen molar-refractivity contribution in [2.24, 2.45) is 0 Å². The average molecular weight is 138 g/mol. The van der Waals surface area contributed by atoms with E-state index in [-0.39, 0.29) is 0 Å². The molecular weight excluding hydrogens is 124 g/mol. The van der Waals surface area contributed by atoms with Crippen molar-refractivity contribution in [2.45, 2.75) is 26.9 Å². The number of hydrogen-bond donors (Lipinski definition) is 0. The van der Waals surface area contributed by atoms with Crippen molar-refractivity contribution in [3.63, 3.8) is 0 Å². The summed E-state index contributed by atoms with van der Waals surface area (Å²) in [5.41, 5.74) is 0. The Kier molecular flexibility index (Phi) is 1.39. The molecule has 0 unspecified atom stereocenters. The fourth-order valence-corrected chi connectivity index (χ4v) is 2.60. The predicted octanol–water partition coefficient (Wildman–Crippen LogP) is 2.68. The van der Waals surface area contributed by atoms with Crippen LogP contribution >= 0.6 is 0 Å². The molecule has 0 saturated carbocycles. The molecule has 1 aliphatic rings. The van der Waals surface area contributed by atoms with Crippen LogP contribution in [-0.4, -0.2) is 8.07 Å². The SMILES string of the molecule is CC1=CC=C(C)[Si]1(C)C. The first-order valence-corrected chi connectivity index (χ1v) is 6.41. The summed E-state index contributed by atoms with van der Waals surface area (Å²) in [6.45, 7) is 9.30. The second-order valence-electron chi connectivity index (χ2n) is 3.32. The van der Waals surface area contributed by atoms with E-state index in [0.29, 0.717) is 0 Å². The molecule has 0 nitrogen and oxygen atoms in total. The minimum atomic E-state index is -1.02. The lowest BCUT2D eigenvalue weighted by molar-refractivity contribution is 1.53. The molecule has 0 bridgehead atoms. The zero-order valence-corrected chi connectivity index (χ0v) is 7.65. The van der Waals surface area contributed by atoms with Gasteiger partial charge in [-0.15, -0.1) is 0 Å². The minimum Gasteiger partial charge on any atom is -0.0794 e. The van der Waals surface area contributed by atoms with Crippen LogP contribution in [0.5, 0.6) is 0 Å². The second-order valence-corrected chi connectivity index (χ2v) is 8.15. The van der Waals surface area contributed by atoms with Gasteiger partial charge in [-0.2, -0.15) is 0 Å². The summed E-state index contributed by atoms with van der Waals surface area (Å²) >= 11 is 0. The van der Waals surface area contributed by atoms with Crippen molar-refractivity contribution < 1.29 is 0 Å². The van der Waals surface area contributed by atoms with E-state index >= 15 is 0 Å². The van der Waals surface area contributed by atoms with Gasteiger partial charge in [-0.25, -0.2) is 0 Å². The molecule has 0 N–H and O–H groups in total. The van der Waals surface area contributed by atoms with E-state index in [4.69, 9.17) is 0 Å². The Bertz CT molecular complexity index is 165. The standard InChI is InChI=1S/C8H14Si/c1-7-5-6-8(2)9(7,3)4/h5-6H,1-4H3. The Morgan fingerprint density at radius 3 is 1.44 bits per heavy atom. The van der Waals surface area contributed by atoms with E-state index in [1.54, 1.807) is 10.4 Å². The van der Waals surface area contributed by atoms with Gasteiger partial charge in [-0.1, -0.05) is 35.6 Å². The summed E-state index contributed by atoms with van der Waals surface area (Å²) in [7, 11) is -1.02. The molecule has 1 rings (SSSR count). The van der Waals surface area contributed by atoms with Crippen LogP contribution in [0.15, 0.2) is 22.5 Å². The lowest BCUT2D eigenvalue weighted by atomic mass is 10.5. The molecule has 1 heterocycles. The summed E-state index contributed by atoms with van der Waals surface area (Å²) < 4.78 is 0. The van der Waals surface area contributed by atoms with Crippen LogP contribution in [0.3, 0.4) is 0 Å². The lowest BCUT2D eigenvalue weighted by Gasteiger charge is -2.19. The van der Waals surface area contributed by atoms with Crippen LogP contribution in [0.1, 0.15) is 13.8 Å². The molecule has 0 atom stereocenters. The molecule has 50 valence electrons. The molecule has 0 fully saturated rings. The van der Waals surface area contributed by atoms with E-state index in [9.17, 15) is 0 Å². The Morgan fingerprint density at radius 1 is 1.00 bits per heavy atom.